The zero-order valence-corrected chi connectivity index (χ0v) is 8.94. The predicted molar refractivity (Wildman–Crippen MR) is 52.3 cm³/mol. The van der Waals surface area contributed by atoms with Crippen LogP contribution in [-0.2, 0) is 4.74 Å². The standard InChI is InChI=1S/C11H22O/c1-10(2)8-6-5-7-9-11(3,4)12-10/h5-9H2,1-4H3. The largest absolute Gasteiger partial charge is 0.370 e. The quantitative estimate of drug-likeness (QED) is 0.540. The third-order valence-electron chi connectivity index (χ3n) is 2.61. The van der Waals surface area contributed by atoms with Gasteiger partial charge in [-0.3, -0.25) is 0 Å². The lowest BCUT2D eigenvalue weighted by molar-refractivity contribution is -0.136. The normalized spacial score (nSPS) is 29.0. The summed E-state index contributed by atoms with van der Waals surface area (Å²) < 4.78 is 6.07. The van der Waals surface area contributed by atoms with Crippen LogP contribution in [0.3, 0.4) is 0 Å². The van der Waals surface area contributed by atoms with Gasteiger partial charge in [0.15, 0.2) is 0 Å². The SMILES string of the molecule is CC1(C)CCCCCC(C)(C)O1. The van der Waals surface area contributed by atoms with E-state index in [9.17, 15) is 0 Å². The molecule has 0 aliphatic carbocycles. The van der Waals surface area contributed by atoms with E-state index in [1.807, 2.05) is 0 Å². The fourth-order valence-electron chi connectivity index (χ4n) is 2.13. The number of rotatable bonds is 0. The molecule has 0 radical (unpaired) electrons. The van der Waals surface area contributed by atoms with Crippen LogP contribution in [0.4, 0.5) is 0 Å². The monoisotopic (exact) mass is 170 g/mol. The number of hydrogen-bond donors (Lipinski definition) is 0. The summed E-state index contributed by atoms with van der Waals surface area (Å²) in [5.74, 6) is 0. The molecule has 0 amide bonds. The van der Waals surface area contributed by atoms with Crippen LogP contribution in [0.5, 0.6) is 0 Å². The average Bonchev–Trinajstić information content (AvgIpc) is 1.80. The maximum atomic E-state index is 6.07. The summed E-state index contributed by atoms with van der Waals surface area (Å²) in [6, 6.07) is 0. The van der Waals surface area contributed by atoms with Crippen molar-refractivity contribution >= 4 is 0 Å². The van der Waals surface area contributed by atoms with E-state index in [1.54, 1.807) is 0 Å². The van der Waals surface area contributed by atoms with E-state index in [-0.39, 0.29) is 11.2 Å². The van der Waals surface area contributed by atoms with Crippen LogP contribution in [0.1, 0.15) is 59.8 Å². The molecule has 12 heavy (non-hydrogen) atoms. The van der Waals surface area contributed by atoms with E-state index in [4.69, 9.17) is 4.74 Å². The van der Waals surface area contributed by atoms with Crippen molar-refractivity contribution in [1.29, 1.82) is 0 Å². The molecule has 0 spiro atoms. The Labute approximate surface area is 76.5 Å². The molecule has 0 saturated carbocycles. The van der Waals surface area contributed by atoms with Gasteiger partial charge in [0.1, 0.15) is 0 Å². The highest BCUT2D eigenvalue weighted by atomic mass is 16.5. The van der Waals surface area contributed by atoms with E-state index in [0.29, 0.717) is 0 Å². The maximum Gasteiger partial charge on any atom is 0.0633 e. The summed E-state index contributed by atoms with van der Waals surface area (Å²) in [5, 5.41) is 0. The number of ether oxygens (including phenoxy) is 1. The second-order valence-electron chi connectivity index (χ2n) is 5.18. The molecule has 1 nitrogen and oxygen atoms in total. The van der Waals surface area contributed by atoms with Crippen molar-refractivity contribution < 1.29 is 4.74 Å². The molecule has 1 aliphatic rings. The molecule has 0 aromatic rings. The van der Waals surface area contributed by atoms with Gasteiger partial charge in [-0.1, -0.05) is 19.3 Å². The summed E-state index contributed by atoms with van der Waals surface area (Å²) in [7, 11) is 0. The summed E-state index contributed by atoms with van der Waals surface area (Å²) in [4.78, 5) is 0. The Morgan fingerprint density at radius 3 is 1.58 bits per heavy atom. The average molecular weight is 170 g/mol. The minimum atomic E-state index is 0.0872. The molecular formula is C11H22O. The molecule has 0 unspecified atom stereocenters. The molecule has 1 heteroatoms. The zero-order chi connectivity index (χ0) is 9.24. The first kappa shape index (κ1) is 10.0. The van der Waals surface area contributed by atoms with Gasteiger partial charge in [0.05, 0.1) is 11.2 Å². The third kappa shape index (κ3) is 3.14. The van der Waals surface area contributed by atoms with Crippen molar-refractivity contribution in [3.63, 3.8) is 0 Å². The van der Waals surface area contributed by atoms with Gasteiger partial charge < -0.3 is 4.74 Å². The van der Waals surface area contributed by atoms with Crippen LogP contribution in [-0.4, -0.2) is 11.2 Å². The van der Waals surface area contributed by atoms with Crippen LogP contribution in [0.25, 0.3) is 0 Å². The van der Waals surface area contributed by atoms with Gasteiger partial charge in [0.2, 0.25) is 0 Å². The molecule has 72 valence electrons. The van der Waals surface area contributed by atoms with E-state index >= 15 is 0 Å². The third-order valence-corrected chi connectivity index (χ3v) is 2.61. The fourth-order valence-corrected chi connectivity index (χ4v) is 2.13. The lowest BCUT2D eigenvalue weighted by Crippen LogP contribution is -2.38. The van der Waals surface area contributed by atoms with E-state index in [0.717, 1.165) is 0 Å². The van der Waals surface area contributed by atoms with Crippen molar-refractivity contribution in [2.24, 2.45) is 0 Å². The molecule has 0 aromatic heterocycles. The van der Waals surface area contributed by atoms with Crippen LogP contribution >= 0.6 is 0 Å². The van der Waals surface area contributed by atoms with Crippen LogP contribution < -0.4 is 0 Å². The van der Waals surface area contributed by atoms with Gasteiger partial charge in [0.25, 0.3) is 0 Å². The van der Waals surface area contributed by atoms with Gasteiger partial charge in [0, 0.05) is 0 Å². The van der Waals surface area contributed by atoms with Crippen LogP contribution in [0.15, 0.2) is 0 Å². The minimum absolute atomic E-state index is 0.0872. The summed E-state index contributed by atoms with van der Waals surface area (Å²) in [6.45, 7) is 8.83. The van der Waals surface area contributed by atoms with Gasteiger partial charge in [-0.05, 0) is 40.5 Å². The molecule has 1 fully saturated rings. The first-order chi connectivity index (χ1) is 5.41. The van der Waals surface area contributed by atoms with E-state index < -0.39 is 0 Å². The molecule has 1 rings (SSSR count). The molecule has 1 aliphatic heterocycles. The van der Waals surface area contributed by atoms with Crippen molar-refractivity contribution in [2.45, 2.75) is 71.0 Å². The molecule has 0 N–H and O–H groups in total. The van der Waals surface area contributed by atoms with Gasteiger partial charge in [-0.2, -0.15) is 0 Å². The molecular weight excluding hydrogens is 148 g/mol. The molecule has 0 atom stereocenters. The Kier molecular flexibility index (Phi) is 2.82. The van der Waals surface area contributed by atoms with Gasteiger partial charge in [-0.15, -0.1) is 0 Å². The Morgan fingerprint density at radius 1 is 0.750 bits per heavy atom. The van der Waals surface area contributed by atoms with Crippen molar-refractivity contribution in [2.75, 3.05) is 0 Å². The van der Waals surface area contributed by atoms with Gasteiger partial charge >= 0.3 is 0 Å². The van der Waals surface area contributed by atoms with E-state index in [1.165, 1.54) is 32.1 Å². The Hall–Kier alpha value is -0.0400. The van der Waals surface area contributed by atoms with Crippen molar-refractivity contribution in [1.82, 2.24) is 0 Å². The van der Waals surface area contributed by atoms with Gasteiger partial charge in [-0.25, -0.2) is 0 Å². The molecule has 1 heterocycles. The summed E-state index contributed by atoms with van der Waals surface area (Å²) in [6.07, 6.45) is 6.43. The second-order valence-corrected chi connectivity index (χ2v) is 5.18. The Balaban J connectivity index is 2.58. The number of hydrogen-bond acceptors (Lipinski definition) is 1. The fraction of sp³-hybridized carbons (Fsp3) is 1.00. The van der Waals surface area contributed by atoms with Crippen LogP contribution in [0.2, 0.25) is 0 Å². The first-order valence-corrected chi connectivity index (χ1v) is 5.12. The van der Waals surface area contributed by atoms with Crippen molar-refractivity contribution in [3.8, 4) is 0 Å². The second kappa shape index (κ2) is 3.37. The lowest BCUT2D eigenvalue weighted by atomic mass is 9.91. The molecule has 1 saturated heterocycles. The first-order valence-electron chi connectivity index (χ1n) is 5.12. The Bertz CT molecular complexity index is 131. The lowest BCUT2D eigenvalue weighted by Gasteiger charge is -2.38. The summed E-state index contributed by atoms with van der Waals surface area (Å²) >= 11 is 0. The smallest absolute Gasteiger partial charge is 0.0633 e. The predicted octanol–water partition coefficient (Wildman–Crippen LogP) is 3.52. The Morgan fingerprint density at radius 2 is 1.17 bits per heavy atom. The van der Waals surface area contributed by atoms with Crippen molar-refractivity contribution in [3.05, 3.63) is 0 Å². The zero-order valence-electron chi connectivity index (χ0n) is 8.94. The molecule has 0 aromatic carbocycles. The highest BCUT2D eigenvalue weighted by Gasteiger charge is 2.29. The van der Waals surface area contributed by atoms with Crippen LogP contribution in [0, 0.1) is 0 Å². The highest BCUT2D eigenvalue weighted by molar-refractivity contribution is 4.79. The summed E-state index contributed by atoms with van der Waals surface area (Å²) in [5.41, 5.74) is 0.174. The minimum Gasteiger partial charge on any atom is -0.370 e. The highest BCUT2D eigenvalue weighted by Crippen LogP contribution is 2.31. The molecule has 0 bridgehead atoms. The van der Waals surface area contributed by atoms with E-state index in [2.05, 4.69) is 27.7 Å². The topological polar surface area (TPSA) is 9.23 Å². The maximum absolute atomic E-state index is 6.07.